The number of para-hydroxylation sites is 1. The van der Waals surface area contributed by atoms with Crippen molar-refractivity contribution < 1.29 is 33.2 Å². The number of aromatic nitrogens is 4. The van der Waals surface area contributed by atoms with E-state index in [2.05, 4.69) is 31.8 Å². The van der Waals surface area contributed by atoms with Gasteiger partial charge in [-0.2, -0.15) is 0 Å². The van der Waals surface area contributed by atoms with Crippen LogP contribution in [0.3, 0.4) is 0 Å². The molecule has 7 aromatic rings. The van der Waals surface area contributed by atoms with Crippen LogP contribution < -0.4 is 18.9 Å². The average molecular weight is 901 g/mol. The van der Waals surface area contributed by atoms with Crippen LogP contribution in [0.5, 0.6) is 23.1 Å². The Morgan fingerprint density at radius 2 is 1.77 bits per heavy atom. The van der Waals surface area contributed by atoms with Crippen LogP contribution >= 0.6 is 22.9 Å². The summed E-state index contributed by atoms with van der Waals surface area (Å²) in [6.45, 7) is 6.49. The number of halogens is 2. The Bertz CT molecular complexity index is 2820. The fourth-order valence-corrected chi connectivity index (χ4v) is 9.64. The van der Waals surface area contributed by atoms with E-state index in [1.54, 1.807) is 31.5 Å². The molecule has 1 N–H and O–H groups in total. The second-order valence-electron chi connectivity index (χ2n) is 16.1. The number of fused-ring (bicyclic) bond motifs is 7. The molecule has 0 aliphatic carbocycles. The van der Waals surface area contributed by atoms with Gasteiger partial charge < -0.3 is 29.0 Å². The Morgan fingerprint density at radius 1 is 0.953 bits per heavy atom. The van der Waals surface area contributed by atoms with Crippen LogP contribution in [-0.2, 0) is 24.2 Å². The molecule has 12 nitrogen and oxygen atoms in total. The van der Waals surface area contributed by atoms with Gasteiger partial charge in [0.25, 0.3) is 0 Å². The molecule has 4 aromatic carbocycles. The molecule has 2 atom stereocenters. The van der Waals surface area contributed by atoms with Crippen molar-refractivity contribution in [2.24, 2.45) is 0 Å². The summed E-state index contributed by atoms with van der Waals surface area (Å²) in [5.41, 5.74) is 5.93. The molecule has 1 fully saturated rings. The van der Waals surface area contributed by atoms with Crippen LogP contribution in [-0.4, -0.2) is 99.9 Å². The third kappa shape index (κ3) is 9.23. The summed E-state index contributed by atoms with van der Waals surface area (Å²) >= 11 is 8.65. The van der Waals surface area contributed by atoms with Crippen molar-refractivity contribution in [1.29, 1.82) is 0 Å². The second kappa shape index (κ2) is 18.9. The maximum atomic E-state index is 14.3. The zero-order valence-corrected chi connectivity index (χ0v) is 37.2. The van der Waals surface area contributed by atoms with Crippen molar-refractivity contribution in [3.8, 4) is 56.1 Å². The van der Waals surface area contributed by atoms with E-state index in [-0.39, 0.29) is 30.8 Å². The average Bonchev–Trinajstić information content (AvgIpc) is 3.70. The molecule has 3 aliphatic rings. The third-order valence-corrected chi connectivity index (χ3v) is 13.4. The van der Waals surface area contributed by atoms with Gasteiger partial charge in [-0.3, -0.25) is 4.90 Å². The lowest BCUT2D eigenvalue weighted by Crippen LogP contribution is -2.48. The predicted molar refractivity (Wildman–Crippen MR) is 245 cm³/mol. The van der Waals surface area contributed by atoms with Gasteiger partial charge in [-0.25, -0.2) is 29.1 Å². The summed E-state index contributed by atoms with van der Waals surface area (Å²) in [7, 11) is 3.74. The van der Waals surface area contributed by atoms with Crippen LogP contribution in [0.25, 0.3) is 43.2 Å². The largest absolute Gasteiger partial charge is 0.496 e. The molecule has 15 heteroatoms. The summed E-state index contributed by atoms with van der Waals surface area (Å²) < 4.78 is 39.7. The van der Waals surface area contributed by atoms with Crippen molar-refractivity contribution in [3.63, 3.8) is 0 Å². The van der Waals surface area contributed by atoms with Gasteiger partial charge in [0.2, 0.25) is 12.0 Å². The highest BCUT2D eigenvalue weighted by molar-refractivity contribution is 7.22. The maximum absolute atomic E-state index is 14.3. The molecular weight excluding hydrogens is 855 g/mol. The molecule has 328 valence electrons. The number of carbonyl (C=O) groups is 1. The van der Waals surface area contributed by atoms with Gasteiger partial charge in [0.05, 0.1) is 28.8 Å². The van der Waals surface area contributed by atoms with Crippen molar-refractivity contribution in [2.75, 3.05) is 46.9 Å². The number of nitrogens with zero attached hydrogens (tertiary/aromatic N) is 6. The van der Waals surface area contributed by atoms with E-state index >= 15 is 0 Å². The Morgan fingerprint density at radius 3 is 2.56 bits per heavy atom. The predicted octanol–water partition coefficient (Wildman–Crippen LogP) is 9.19. The third-order valence-electron chi connectivity index (χ3n) is 11.8. The lowest BCUT2D eigenvalue weighted by atomic mass is 9.96. The van der Waals surface area contributed by atoms with Crippen LogP contribution in [0, 0.1) is 12.7 Å². The molecule has 6 heterocycles. The first-order valence-corrected chi connectivity index (χ1v) is 22.3. The lowest BCUT2D eigenvalue weighted by Gasteiger charge is -2.35. The van der Waals surface area contributed by atoms with Gasteiger partial charge >= 0.3 is 5.97 Å². The van der Waals surface area contributed by atoms with Gasteiger partial charge in [-0.1, -0.05) is 54.1 Å². The number of likely N-dealkylation sites (N-methyl/N-ethyl adjacent to an activating group) is 1. The molecule has 3 aromatic heterocycles. The van der Waals surface area contributed by atoms with E-state index in [1.165, 1.54) is 29.8 Å². The highest BCUT2D eigenvalue weighted by Gasteiger charge is 2.30. The van der Waals surface area contributed by atoms with Gasteiger partial charge in [-0.05, 0) is 97.1 Å². The number of ether oxygens (including phenoxy) is 4. The quantitative estimate of drug-likeness (QED) is 0.148. The van der Waals surface area contributed by atoms with E-state index in [0.717, 1.165) is 58.9 Å². The van der Waals surface area contributed by atoms with Crippen LogP contribution in [0.1, 0.15) is 28.8 Å². The highest BCUT2D eigenvalue weighted by atomic mass is 35.5. The van der Waals surface area contributed by atoms with Gasteiger partial charge in [0.1, 0.15) is 46.9 Å². The van der Waals surface area contributed by atoms with E-state index in [4.69, 9.17) is 35.5 Å². The number of aryl methyl sites for hydroxylation is 1. The Labute approximate surface area is 379 Å². The molecule has 10 rings (SSSR count). The van der Waals surface area contributed by atoms with E-state index in [0.29, 0.717) is 74.5 Å². The van der Waals surface area contributed by atoms with Gasteiger partial charge in [0.15, 0.2) is 5.82 Å². The lowest BCUT2D eigenvalue weighted by molar-refractivity contribution is -0.145. The number of rotatable bonds is 9. The number of benzene rings is 4. The summed E-state index contributed by atoms with van der Waals surface area (Å²) in [5.74, 6) is 0.729. The first-order valence-electron chi connectivity index (χ1n) is 21.1. The zero-order valence-electron chi connectivity index (χ0n) is 35.6. The fourth-order valence-electron chi connectivity index (χ4n) is 8.28. The molecule has 0 spiro atoms. The molecular formula is C49H46ClFN6O6S. The minimum Gasteiger partial charge on any atom is -0.496 e. The van der Waals surface area contributed by atoms with E-state index < -0.39 is 12.1 Å². The Kier molecular flexibility index (Phi) is 12.7. The maximum Gasteiger partial charge on any atom is 0.345 e. The Balaban J connectivity index is 1.13. The normalized spacial score (nSPS) is 17.1. The summed E-state index contributed by atoms with van der Waals surface area (Å²) in [6.07, 6.45) is 2.68. The van der Waals surface area contributed by atoms with Gasteiger partial charge in [-0.15, -0.1) is 11.3 Å². The number of thiophene rings is 1. The molecule has 0 radical (unpaired) electrons. The number of methoxy groups -OCH3 is 1. The monoisotopic (exact) mass is 900 g/mol. The summed E-state index contributed by atoms with van der Waals surface area (Å²) in [4.78, 5) is 37.8. The number of carboxylic acid groups (broad SMARTS) is 1. The molecule has 1 saturated heterocycles. The number of piperazine rings is 1. The Hall–Kier alpha value is -6.19. The highest BCUT2D eigenvalue weighted by Crippen LogP contribution is 2.50. The number of hydrogen-bond acceptors (Lipinski definition) is 12. The van der Waals surface area contributed by atoms with Crippen LogP contribution in [0.4, 0.5) is 4.39 Å². The van der Waals surface area contributed by atoms with Crippen LogP contribution in [0.2, 0.25) is 5.02 Å². The zero-order chi connectivity index (χ0) is 44.3. The second-order valence-corrected chi connectivity index (χ2v) is 17.4. The molecule has 3 aliphatic heterocycles. The number of aliphatic carboxylic acids is 1. The van der Waals surface area contributed by atoms with Crippen molar-refractivity contribution in [1.82, 2.24) is 29.7 Å². The first-order chi connectivity index (χ1) is 31.1. The summed E-state index contributed by atoms with van der Waals surface area (Å²) in [6, 6.07) is 25.3. The SMILES string of the molecule is COc1ccccc1-c1nccc(COc2ccc3cc2C[C@H](C(=O)O)Oc2ncnc4sc(-c5ccc(F)cc5)c(c24)-c2ccc(c(Cl)c2C)O[C@H](CN2CCN(C)CC2)CC3)n1. The topological polar surface area (TPSA) is 132 Å². The van der Waals surface area contributed by atoms with Crippen molar-refractivity contribution in [2.45, 2.75) is 45.0 Å². The van der Waals surface area contributed by atoms with Crippen molar-refractivity contribution >= 4 is 39.1 Å². The molecule has 0 unspecified atom stereocenters. The molecule has 0 saturated carbocycles. The molecule has 64 heavy (non-hydrogen) atoms. The first kappa shape index (κ1) is 43.1. The smallest absolute Gasteiger partial charge is 0.345 e. The number of hydrogen-bond donors (Lipinski definition) is 1. The summed E-state index contributed by atoms with van der Waals surface area (Å²) in [5, 5.41) is 11.8. The molecule has 4 bridgehead atoms. The fraction of sp³-hybridized carbons (Fsp3) is 0.286. The van der Waals surface area contributed by atoms with Gasteiger partial charge in [0, 0.05) is 55.8 Å². The molecule has 0 amide bonds. The van der Waals surface area contributed by atoms with E-state index in [1.807, 2.05) is 61.5 Å². The minimum atomic E-state index is -1.38. The van der Waals surface area contributed by atoms with E-state index in [9.17, 15) is 14.3 Å². The number of carboxylic acids is 1. The van der Waals surface area contributed by atoms with Crippen molar-refractivity contribution in [3.05, 3.63) is 131 Å². The standard InChI is InChI=1S/C49H46ClFN6O6S/c1-29-36-15-17-40(44(29)50)62-35(26-57-22-20-56(2)21-23-57)14-8-30-9-16-38(61-27-34-18-19-52-46(55-34)37-6-4-5-7-39(37)60-3)32(24-30)25-41(49(58)59)63-47-43-42(36)45(64-48(43)54-28-53-47)31-10-12-33(51)13-11-31/h4-7,9-13,15-19,24,28,35,41H,8,14,20-23,25-27H2,1-3H3,(H,58,59)/t35-,41+/m0/s1. The van der Waals surface area contributed by atoms with Crippen LogP contribution in [0.15, 0.2) is 97.5 Å². The minimum absolute atomic E-state index is 0.0507.